The van der Waals surface area contributed by atoms with E-state index in [9.17, 15) is 10.1 Å². The number of nitro benzene ring substituents is 1. The van der Waals surface area contributed by atoms with E-state index in [1.54, 1.807) is 0 Å². The summed E-state index contributed by atoms with van der Waals surface area (Å²) < 4.78 is 5.30. The van der Waals surface area contributed by atoms with Crippen molar-refractivity contribution in [1.82, 2.24) is 0 Å². The first-order chi connectivity index (χ1) is 7.65. The zero-order valence-corrected chi connectivity index (χ0v) is 9.24. The summed E-state index contributed by atoms with van der Waals surface area (Å²) in [5.74, 6) is 2.79. The van der Waals surface area contributed by atoms with Crippen molar-refractivity contribution in [2.45, 2.75) is 12.8 Å². The van der Waals surface area contributed by atoms with Crippen LogP contribution in [0.25, 0.3) is 0 Å². The second kappa shape index (κ2) is 5.99. The van der Waals surface area contributed by atoms with E-state index in [0.29, 0.717) is 30.2 Å². The van der Waals surface area contributed by atoms with Gasteiger partial charge in [0.15, 0.2) is 0 Å². The number of hydrogen-bond acceptors (Lipinski definition) is 3. The van der Waals surface area contributed by atoms with Gasteiger partial charge in [0.05, 0.1) is 22.6 Å². The Morgan fingerprint density at radius 2 is 2.31 bits per heavy atom. The predicted molar refractivity (Wildman–Crippen MR) is 61.7 cm³/mol. The minimum Gasteiger partial charge on any atom is -0.492 e. The summed E-state index contributed by atoms with van der Waals surface area (Å²) in [5, 5.41) is 10.9. The van der Waals surface area contributed by atoms with E-state index in [2.05, 4.69) is 5.92 Å². The molecule has 4 nitrogen and oxygen atoms in total. The molecule has 1 aromatic carbocycles. The molecule has 0 aliphatic carbocycles. The predicted octanol–water partition coefficient (Wildman–Crippen LogP) is 3.04. The van der Waals surface area contributed by atoms with Crippen molar-refractivity contribution in [1.29, 1.82) is 0 Å². The zero-order valence-electron chi connectivity index (χ0n) is 8.48. The lowest BCUT2D eigenvalue weighted by atomic mass is 10.3. The molecule has 0 spiro atoms. The van der Waals surface area contributed by atoms with Crippen LogP contribution in [0.2, 0.25) is 5.02 Å². The third-order valence-electron chi connectivity index (χ3n) is 1.85. The number of hydrogen-bond donors (Lipinski definition) is 0. The van der Waals surface area contributed by atoms with Gasteiger partial charge >= 0.3 is 0 Å². The van der Waals surface area contributed by atoms with Crippen molar-refractivity contribution in [2.75, 3.05) is 6.61 Å². The molecule has 0 atom stereocenters. The van der Waals surface area contributed by atoms with E-state index in [1.807, 2.05) is 0 Å². The first-order valence-corrected chi connectivity index (χ1v) is 5.03. The molecule has 0 heterocycles. The average molecular weight is 240 g/mol. The van der Waals surface area contributed by atoms with Crippen molar-refractivity contribution < 1.29 is 9.66 Å². The van der Waals surface area contributed by atoms with E-state index in [0.717, 1.165) is 0 Å². The molecule has 0 aliphatic rings. The maximum atomic E-state index is 10.5. The van der Waals surface area contributed by atoms with Crippen LogP contribution < -0.4 is 4.74 Å². The molecule has 0 aromatic heterocycles. The fraction of sp³-hybridized carbons (Fsp3) is 0.273. The Bertz CT molecular complexity index is 426. The van der Waals surface area contributed by atoms with Gasteiger partial charge in [0, 0.05) is 12.5 Å². The van der Waals surface area contributed by atoms with Gasteiger partial charge in [0.1, 0.15) is 5.75 Å². The molecule has 0 bridgehead atoms. The van der Waals surface area contributed by atoms with Crippen LogP contribution in [0.3, 0.4) is 0 Å². The smallest absolute Gasteiger partial charge is 0.273 e. The van der Waals surface area contributed by atoms with E-state index < -0.39 is 4.92 Å². The molecular weight excluding hydrogens is 230 g/mol. The van der Waals surface area contributed by atoms with Gasteiger partial charge in [0.25, 0.3) is 5.69 Å². The summed E-state index contributed by atoms with van der Waals surface area (Å²) in [6, 6.07) is 4.07. The Kier molecular flexibility index (Phi) is 4.62. The lowest BCUT2D eigenvalue weighted by molar-refractivity contribution is -0.384. The summed E-state index contributed by atoms with van der Waals surface area (Å²) in [6.45, 7) is 0.394. The van der Waals surface area contributed by atoms with Gasteiger partial charge in [-0.1, -0.05) is 11.6 Å². The highest BCUT2D eigenvalue weighted by atomic mass is 35.5. The summed E-state index contributed by atoms with van der Waals surface area (Å²) >= 11 is 5.83. The van der Waals surface area contributed by atoms with E-state index in [4.69, 9.17) is 22.8 Å². The third kappa shape index (κ3) is 3.44. The van der Waals surface area contributed by atoms with Gasteiger partial charge in [-0.15, -0.1) is 12.3 Å². The maximum Gasteiger partial charge on any atom is 0.273 e. The van der Waals surface area contributed by atoms with Crippen molar-refractivity contribution in [3.63, 3.8) is 0 Å². The van der Waals surface area contributed by atoms with Gasteiger partial charge < -0.3 is 4.74 Å². The molecule has 5 heteroatoms. The summed E-state index contributed by atoms with van der Waals surface area (Å²) in [4.78, 5) is 10.0. The molecule has 0 amide bonds. The molecule has 0 N–H and O–H groups in total. The Morgan fingerprint density at radius 3 is 2.94 bits per heavy atom. The number of non-ortho nitro benzene ring substituents is 1. The Labute approximate surface area is 98.3 Å². The lowest BCUT2D eigenvalue weighted by Crippen LogP contribution is -1.98. The van der Waals surface area contributed by atoms with Crippen molar-refractivity contribution in [2.24, 2.45) is 0 Å². The monoisotopic (exact) mass is 239 g/mol. The molecule has 0 fully saturated rings. The molecule has 16 heavy (non-hydrogen) atoms. The SMILES string of the molecule is C#CCCCOc1cc([N+](=O)[O-])ccc1Cl. The van der Waals surface area contributed by atoms with Gasteiger partial charge in [-0.3, -0.25) is 10.1 Å². The van der Waals surface area contributed by atoms with Gasteiger partial charge in [-0.25, -0.2) is 0 Å². The largest absolute Gasteiger partial charge is 0.492 e. The number of nitro groups is 1. The van der Waals surface area contributed by atoms with Crippen LogP contribution in [-0.4, -0.2) is 11.5 Å². The van der Waals surface area contributed by atoms with Crippen LogP contribution in [-0.2, 0) is 0 Å². The van der Waals surface area contributed by atoms with Crippen molar-refractivity contribution in [3.05, 3.63) is 33.3 Å². The van der Waals surface area contributed by atoms with E-state index >= 15 is 0 Å². The normalized spacial score (nSPS) is 9.50. The molecule has 0 radical (unpaired) electrons. The lowest BCUT2D eigenvalue weighted by Gasteiger charge is -2.06. The van der Waals surface area contributed by atoms with Crippen LogP contribution in [0.5, 0.6) is 5.75 Å². The molecule has 0 aliphatic heterocycles. The first-order valence-electron chi connectivity index (χ1n) is 4.65. The quantitative estimate of drug-likeness (QED) is 0.343. The second-order valence-corrected chi connectivity index (χ2v) is 3.44. The zero-order chi connectivity index (χ0) is 12.0. The summed E-state index contributed by atoms with van der Waals surface area (Å²) in [7, 11) is 0. The van der Waals surface area contributed by atoms with Crippen LogP contribution >= 0.6 is 11.6 Å². The van der Waals surface area contributed by atoms with Crippen LogP contribution in [0.4, 0.5) is 5.69 Å². The van der Waals surface area contributed by atoms with Gasteiger partial charge in [-0.2, -0.15) is 0 Å². The molecule has 0 saturated heterocycles. The Hall–Kier alpha value is -1.73. The number of unbranched alkanes of at least 4 members (excludes halogenated alkanes) is 1. The molecule has 1 rings (SSSR count). The van der Waals surface area contributed by atoms with Gasteiger partial charge in [-0.05, 0) is 12.5 Å². The standard InChI is InChI=1S/C11H10ClNO3/c1-2-3-4-7-16-11-8-9(13(14)15)5-6-10(11)12/h1,5-6,8H,3-4,7H2. The first kappa shape index (κ1) is 12.3. The fourth-order valence-electron chi connectivity index (χ4n) is 1.07. The maximum absolute atomic E-state index is 10.5. The van der Waals surface area contributed by atoms with Gasteiger partial charge in [0.2, 0.25) is 0 Å². The molecule has 1 aromatic rings. The molecule has 0 saturated carbocycles. The van der Waals surface area contributed by atoms with Crippen LogP contribution in [0, 0.1) is 22.5 Å². The van der Waals surface area contributed by atoms with Crippen LogP contribution in [0.15, 0.2) is 18.2 Å². The highest BCUT2D eigenvalue weighted by molar-refractivity contribution is 6.32. The minimum absolute atomic E-state index is 0.0450. The van der Waals surface area contributed by atoms with E-state index in [1.165, 1.54) is 18.2 Å². The summed E-state index contributed by atoms with van der Waals surface area (Å²) in [5.41, 5.74) is -0.0450. The number of nitrogens with zero attached hydrogens (tertiary/aromatic N) is 1. The number of benzene rings is 1. The second-order valence-electron chi connectivity index (χ2n) is 3.03. The number of ether oxygens (including phenoxy) is 1. The van der Waals surface area contributed by atoms with Crippen molar-refractivity contribution in [3.8, 4) is 18.1 Å². The molecule has 84 valence electrons. The van der Waals surface area contributed by atoms with E-state index in [-0.39, 0.29) is 5.69 Å². The Balaban J connectivity index is 2.67. The summed E-state index contributed by atoms with van der Waals surface area (Å²) in [6.07, 6.45) is 6.37. The molecular formula is C11H10ClNO3. The fourth-order valence-corrected chi connectivity index (χ4v) is 1.24. The number of terminal acetylenes is 1. The Morgan fingerprint density at radius 1 is 1.56 bits per heavy atom. The van der Waals surface area contributed by atoms with Crippen molar-refractivity contribution >= 4 is 17.3 Å². The topological polar surface area (TPSA) is 52.4 Å². The number of rotatable bonds is 5. The third-order valence-corrected chi connectivity index (χ3v) is 2.16. The minimum atomic E-state index is -0.495. The average Bonchev–Trinajstić information content (AvgIpc) is 2.26. The van der Waals surface area contributed by atoms with Crippen LogP contribution in [0.1, 0.15) is 12.8 Å². The molecule has 0 unspecified atom stereocenters. The highest BCUT2D eigenvalue weighted by Crippen LogP contribution is 2.28. The number of halogens is 1. The highest BCUT2D eigenvalue weighted by Gasteiger charge is 2.10.